The van der Waals surface area contributed by atoms with E-state index in [4.69, 9.17) is 0 Å². The summed E-state index contributed by atoms with van der Waals surface area (Å²) in [7, 11) is 0. The number of aliphatic hydroxyl groups is 1. The van der Waals surface area contributed by atoms with Crippen LogP contribution in [0.3, 0.4) is 0 Å². The van der Waals surface area contributed by atoms with Crippen LogP contribution in [0, 0.1) is 0 Å². The molecule has 0 spiro atoms. The van der Waals surface area contributed by atoms with Crippen molar-refractivity contribution in [1.82, 2.24) is 9.80 Å². The van der Waals surface area contributed by atoms with Gasteiger partial charge in [-0.2, -0.15) is 0 Å². The Balaban J connectivity index is 1.59. The van der Waals surface area contributed by atoms with E-state index in [-0.39, 0.29) is 12.0 Å². The van der Waals surface area contributed by atoms with Gasteiger partial charge in [-0.05, 0) is 42.7 Å². The van der Waals surface area contributed by atoms with Crippen LogP contribution in [-0.2, 0) is 6.42 Å². The van der Waals surface area contributed by atoms with Gasteiger partial charge in [0.2, 0.25) is 0 Å². The molecule has 3 rings (SSSR count). The van der Waals surface area contributed by atoms with Crippen LogP contribution >= 0.6 is 11.3 Å². The zero-order valence-corrected chi connectivity index (χ0v) is 13.4. The molecule has 1 aromatic rings. The normalized spacial score (nSPS) is 27.2. The Bertz CT molecular complexity index is 494. The summed E-state index contributed by atoms with van der Waals surface area (Å²) in [5, 5.41) is 12.0. The van der Waals surface area contributed by atoms with Crippen LogP contribution in [0.4, 0.5) is 0 Å². The Morgan fingerprint density at radius 2 is 2.10 bits per heavy atom. The Labute approximate surface area is 130 Å². The first-order valence-electron chi connectivity index (χ1n) is 7.98. The highest BCUT2D eigenvalue weighted by Gasteiger charge is 2.33. The van der Waals surface area contributed by atoms with Crippen LogP contribution in [0.1, 0.15) is 41.4 Å². The molecule has 0 aromatic carbocycles. The van der Waals surface area contributed by atoms with Crippen LogP contribution in [0.5, 0.6) is 0 Å². The summed E-state index contributed by atoms with van der Waals surface area (Å²) in [6.45, 7) is 5.44. The second-order valence-corrected chi connectivity index (χ2v) is 6.94. The molecule has 2 unspecified atom stereocenters. The van der Waals surface area contributed by atoms with Crippen molar-refractivity contribution in [3.05, 3.63) is 21.9 Å². The third-order valence-corrected chi connectivity index (χ3v) is 5.78. The minimum Gasteiger partial charge on any atom is -0.391 e. The van der Waals surface area contributed by atoms with Gasteiger partial charge in [0.15, 0.2) is 0 Å². The number of nitrogens with zero attached hydrogens (tertiary/aromatic N) is 2. The number of aryl methyl sites for hydroxylation is 1. The zero-order valence-electron chi connectivity index (χ0n) is 12.6. The Hall–Kier alpha value is -0.910. The largest absolute Gasteiger partial charge is 0.391 e. The lowest BCUT2D eigenvalue weighted by Gasteiger charge is -2.39. The highest BCUT2D eigenvalue weighted by atomic mass is 32.1. The zero-order chi connectivity index (χ0) is 14.8. The first-order chi connectivity index (χ1) is 10.2. The molecule has 2 atom stereocenters. The quantitative estimate of drug-likeness (QED) is 0.928. The molecule has 1 saturated carbocycles. The molecule has 1 aromatic heterocycles. The highest BCUT2D eigenvalue weighted by molar-refractivity contribution is 7.12. The van der Waals surface area contributed by atoms with Gasteiger partial charge >= 0.3 is 0 Å². The fourth-order valence-electron chi connectivity index (χ4n) is 3.55. The Morgan fingerprint density at radius 3 is 2.71 bits per heavy atom. The van der Waals surface area contributed by atoms with E-state index in [1.807, 2.05) is 10.3 Å². The molecule has 0 radical (unpaired) electrons. The van der Waals surface area contributed by atoms with E-state index < -0.39 is 0 Å². The van der Waals surface area contributed by atoms with Gasteiger partial charge in [0, 0.05) is 32.2 Å². The lowest BCUT2D eigenvalue weighted by atomic mass is 10.1. The van der Waals surface area contributed by atoms with Crippen molar-refractivity contribution in [3.8, 4) is 0 Å². The van der Waals surface area contributed by atoms with Crippen molar-refractivity contribution in [1.29, 1.82) is 0 Å². The average molecular weight is 308 g/mol. The summed E-state index contributed by atoms with van der Waals surface area (Å²) < 4.78 is 0. The van der Waals surface area contributed by atoms with Gasteiger partial charge in [-0.25, -0.2) is 0 Å². The lowest BCUT2D eigenvalue weighted by Crippen LogP contribution is -2.53. The Morgan fingerprint density at radius 1 is 1.33 bits per heavy atom. The number of aliphatic hydroxyl groups excluding tert-OH is 1. The summed E-state index contributed by atoms with van der Waals surface area (Å²) in [6.07, 6.45) is 3.90. The highest BCUT2D eigenvalue weighted by Crippen LogP contribution is 2.26. The molecule has 1 amide bonds. The molecule has 0 bridgehead atoms. The van der Waals surface area contributed by atoms with Gasteiger partial charge < -0.3 is 10.0 Å². The molecular weight excluding hydrogens is 284 g/mol. The molecule has 2 heterocycles. The van der Waals surface area contributed by atoms with Crippen LogP contribution in [-0.4, -0.2) is 59.1 Å². The van der Waals surface area contributed by atoms with Crippen molar-refractivity contribution in [3.63, 3.8) is 0 Å². The first-order valence-corrected chi connectivity index (χ1v) is 8.86. The lowest BCUT2D eigenvalue weighted by molar-refractivity contribution is 0.0317. The van der Waals surface area contributed by atoms with Gasteiger partial charge in [-0.3, -0.25) is 9.69 Å². The first kappa shape index (κ1) is 15.0. The SMILES string of the molecule is CCc1ccsc1C(=O)N1CCN(C2CCCC2O)CC1. The van der Waals surface area contributed by atoms with Crippen LogP contribution in [0.15, 0.2) is 11.4 Å². The van der Waals surface area contributed by atoms with Crippen molar-refractivity contribution in [2.45, 2.75) is 44.8 Å². The smallest absolute Gasteiger partial charge is 0.264 e. The molecule has 2 fully saturated rings. The molecule has 4 nitrogen and oxygen atoms in total. The maximum atomic E-state index is 12.6. The summed E-state index contributed by atoms with van der Waals surface area (Å²) in [4.78, 5) is 17.9. The second-order valence-electron chi connectivity index (χ2n) is 6.02. The number of carbonyl (C=O) groups is 1. The molecular formula is C16H24N2O2S. The number of piperazine rings is 1. The fraction of sp³-hybridized carbons (Fsp3) is 0.688. The van der Waals surface area contributed by atoms with E-state index in [9.17, 15) is 9.90 Å². The summed E-state index contributed by atoms with van der Waals surface area (Å²) >= 11 is 1.56. The predicted octanol–water partition coefficient (Wildman–Crippen LogP) is 1.98. The van der Waals surface area contributed by atoms with E-state index in [1.54, 1.807) is 11.3 Å². The molecule has 116 valence electrons. The van der Waals surface area contributed by atoms with Crippen molar-refractivity contribution in [2.75, 3.05) is 26.2 Å². The molecule has 2 aliphatic rings. The van der Waals surface area contributed by atoms with Crippen LogP contribution < -0.4 is 0 Å². The van der Waals surface area contributed by atoms with Gasteiger partial charge in [0.1, 0.15) is 0 Å². The van der Waals surface area contributed by atoms with Gasteiger partial charge in [-0.1, -0.05) is 6.92 Å². The topological polar surface area (TPSA) is 43.8 Å². The number of hydrogen-bond donors (Lipinski definition) is 1. The molecule has 1 N–H and O–H groups in total. The summed E-state index contributed by atoms with van der Waals surface area (Å²) in [6, 6.07) is 2.37. The van der Waals surface area contributed by atoms with Crippen LogP contribution in [0.25, 0.3) is 0 Å². The third kappa shape index (κ3) is 3.00. The van der Waals surface area contributed by atoms with E-state index in [0.29, 0.717) is 6.04 Å². The molecule has 1 saturated heterocycles. The number of carbonyl (C=O) groups excluding carboxylic acids is 1. The number of rotatable bonds is 3. The Kier molecular flexibility index (Phi) is 4.62. The minimum absolute atomic E-state index is 0.170. The maximum Gasteiger partial charge on any atom is 0.264 e. The number of amides is 1. The summed E-state index contributed by atoms with van der Waals surface area (Å²) in [5.74, 6) is 0.188. The minimum atomic E-state index is -0.170. The van der Waals surface area contributed by atoms with Gasteiger partial charge in [-0.15, -0.1) is 11.3 Å². The number of hydrogen-bond acceptors (Lipinski definition) is 4. The van der Waals surface area contributed by atoms with E-state index >= 15 is 0 Å². The third-order valence-electron chi connectivity index (χ3n) is 4.84. The number of thiophene rings is 1. The summed E-state index contributed by atoms with van der Waals surface area (Å²) in [5.41, 5.74) is 1.17. The second kappa shape index (κ2) is 6.46. The van der Waals surface area contributed by atoms with Crippen molar-refractivity contribution < 1.29 is 9.90 Å². The van der Waals surface area contributed by atoms with E-state index in [1.165, 1.54) is 5.56 Å². The molecule has 1 aliphatic heterocycles. The van der Waals surface area contributed by atoms with Crippen LogP contribution in [0.2, 0.25) is 0 Å². The fourth-order valence-corrected chi connectivity index (χ4v) is 4.51. The van der Waals surface area contributed by atoms with Gasteiger partial charge in [0.25, 0.3) is 5.91 Å². The van der Waals surface area contributed by atoms with E-state index in [0.717, 1.165) is 56.7 Å². The molecule has 21 heavy (non-hydrogen) atoms. The average Bonchev–Trinajstić information content (AvgIpc) is 3.15. The van der Waals surface area contributed by atoms with E-state index in [2.05, 4.69) is 17.9 Å². The standard InChI is InChI=1S/C16H24N2O2S/c1-2-12-6-11-21-15(12)16(20)18-9-7-17(8-10-18)13-4-3-5-14(13)19/h6,11,13-14,19H,2-5,7-10H2,1H3. The predicted molar refractivity (Wildman–Crippen MR) is 84.8 cm³/mol. The monoisotopic (exact) mass is 308 g/mol. The van der Waals surface area contributed by atoms with Gasteiger partial charge in [0.05, 0.1) is 11.0 Å². The van der Waals surface area contributed by atoms with Crippen molar-refractivity contribution in [2.24, 2.45) is 0 Å². The maximum absolute atomic E-state index is 12.6. The van der Waals surface area contributed by atoms with Crippen molar-refractivity contribution >= 4 is 17.2 Å². The molecule has 5 heteroatoms. The molecule has 1 aliphatic carbocycles.